The molecule has 0 radical (unpaired) electrons. The molecule has 0 aliphatic carbocycles. The number of pyridine rings is 1. The Kier molecular flexibility index (Phi) is 5.89. The molecule has 0 saturated carbocycles. The first-order valence-corrected chi connectivity index (χ1v) is 10.3. The van der Waals surface area contributed by atoms with Crippen LogP contribution in [0.5, 0.6) is 0 Å². The number of aromatic nitrogens is 3. The summed E-state index contributed by atoms with van der Waals surface area (Å²) in [5.41, 5.74) is 6.24. The summed E-state index contributed by atoms with van der Waals surface area (Å²) in [4.78, 5) is 21.6. The number of benzene rings is 2. The van der Waals surface area contributed by atoms with Crippen molar-refractivity contribution < 1.29 is 4.79 Å². The van der Waals surface area contributed by atoms with Crippen molar-refractivity contribution in [2.24, 2.45) is 0 Å². The van der Waals surface area contributed by atoms with Crippen LogP contribution in [0, 0.1) is 13.8 Å². The van der Waals surface area contributed by atoms with Gasteiger partial charge in [0.1, 0.15) is 11.3 Å². The molecular weight excluding hydrogens is 372 g/mol. The molecule has 0 atom stereocenters. The third-order valence-electron chi connectivity index (χ3n) is 5.18. The second kappa shape index (κ2) is 8.91. The first kappa shape index (κ1) is 19.8. The number of amides is 1. The predicted molar refractivity (Wildman–Crippen MR) is 121 cm³/mol. The van der Waals surface area contributed by atoms with E-state index in [0.29, 0.717) is 6.42 Å². The van der Waals surface area contributed by atoms with Gasteiger partial charge in [-0.2, -0.15) is 0 Å². The Balaban J connectivity index is 1.44. The van der Waals surface area contributed by atoms with Gasteiger partial charge in [-0.25, -0.2) is 9.97 Å². The number of carbonyl (C=O) groups is 1. The molecule has 4 aromatic rings. The number of nitrogens with zero attached hydrogens (tertiary/aromatic N) is 3. The number of hydrogen-bond donors (Lipinski definition) is 1. The molecule has 2 aromatic carbocycles. The zero-order valence-corrected chi connectivity index (χ0v) is 17.4. The maximum atomic E-state index is 12.3. The summed E-state index contributed by atoms with van der Waals surface area (Å²) < 4.78 is 2.16. The van der Waals surface area contributed by atoms with E-state index < -0.39 is 0 Å². The number of aryl methyl sites for hydroxylation is 3. The van der Waals surface area contributed by atoms with Gasteiger partial charge in [-0.05, 0) is 50.1 Å². The number of anilines is 1. The second-order valence-electron chi connectivity index (χ2n) is 7.71. The Hall–Kier alpha value is -3.47. The molecule has 0 aliphatic heterocycles. The zero-order valence-electron chi connectivity index (χ0n) is 17.4. The molecule has 0 spiro atoms. The van der Waals surface area contributed by atoms with Crippen LogP contribution in [0.3, 0.4) is 0 Å². The van der Waals surface area contributed by atoms with Crippen molar-refractivity contribution in [2.45, 2.75) is 39.7 Å². The molecule has 5 nitrogen and oxygen atoms in total. The molecule has 1 amide bonds. The van der Waals surface area contributed by atoms with Gasteiger partial charge in [0.25, 0.3) is 0 Å². The number of nitrogens with one attached hydrogen (secondary N) is 1. The summed E-state index contributed by atoms with van der Waals surface area (Å²) in [5.74, 6) is 0.991. The molecule has 0 bridgehead atoms. The van der Waals surface area contributed by atoms with Gasteiger partial charge in [-0.3, -0.25) is 4.79 Å². The molecule has 0 fully saturated rings. The largest absolute Gasteiger partial charge is 0.326 e. The summed E-state index contributed by atoms with van der Waals surface area (Å²) in [7, 11) is 0. The highest BCUT2D eigenvalue weighted by molar-refractivity contribution is 5.90. The Morgan fingerprint density at radius 1 is 0.967 bits per heavy atom. The van der Waals surface area contributed by atoms with Gasteiger partial charge in [0.15, 0.2) is 5.65 Å². The highest BCUT2D eigenvalue weighted by atomic mass is 16.1. The second-order valence-corrected chi connectivity index (χ2v) is 7.71. The Morgan fingerprint density at radius 2 is 1.67 bits per heavy atom. The predicted octanol–water partition coefficient (Wildman–Crippen LogP) is 5.06. The normalized spacial score (nSPS) is 11.0. The van der Waals surface area contributed by atoms with Gasteiger partial charge < -0.3 is 9.88 Å². The van der Waals surface area contributed by atoms with E-state index in [1.54, 1.807) is 6.20 Å². The fraction of sp³-hybridized carbons (Fsp3) is 0.240. The van der Waals surface area contributed by atoms with E-state index in [4.69, 9.17) is 4.98 Å². The van der Waals surface area contributed by atoms with Crippen molar-refractivity contribution in [3.8, 4) is 0 Å². The van der Waals surface area contributed by atoms with E-state index >= 15 is 0 Å². The van der Waals surface area contributed by atoms with Gasteiger partial charge in [-0.15, -0.1) is 0 Å². The Bertz CT molecular complexity index is 1140. The number of rotatable bonds is 7. The van der Waals surface area contributed by atoms with E-state index in [0.717, 1.165) is 42.1 Å². The lowest BCUT2D eigenvalue weighted by atomic mass is 10.1. The molecule has 4 rings (SSSR count). The van der Waals surface area contributed by atoms with Crippen molar-refractivity contribution in [3.05, 3.63) is 89.4 Å². The number of fused-ring (bicyclic) bond motifs is 1. The number of carbonyl (C=O) groups excluding carboxylic acids is 1. The fourth-order valence-electron chi connectivity index (χ4n) is 3.51. The monoisotopic (exact) mass is 398 g/mol. The van der Waals surface area contributed by atoms with Gasteiger partial charge in [0.05, 0.1) is 6.54 Å². The van der Waals surface area contributed by atoms with Crippen LogP contribution in [0.1, 0.15) is 35.4 Å². The SMILES string of the molecule is Cc1ccc(Cn2c(CCCC(=O)Nc3ccc(C)cc3)nc3cccnc32)cc1. The lowest BCUT2D eigenvalue weighted by Gasteiger charge is -2.10. The summed E-state index contributed by atoms with van der Waals surface area (Å²) in [5, 5.41) is 2.96. The smallest absolute Gasteiger partial charge is 0.224 e. The maximum Gasteiger partial charge on any atom is 0.224 e. The van der Waals surface area contributed by atoms with Crippen LogP contribution in [-0.2, 0) is 17.8 Å². The molecule has 2 heterocycles. The first-order valence-electron chi connectivity index (χ1n) is 10.3. The molecule has 152 valence electrons. The van der Waals surface area contributed by atoms with Crippen LogP contribution >= 0.6 is 0 Å². The minimum absolute atomic E-state index is 0.0261. The van der Waals surface area contributed by atoms with E-state index in [2.05, 4.69) is 46.1 Å². The van der Waals surface area contributed by atoms with Crippen LogP contribution in [0.25, 0.3) is 11.2 Å². The molecule has 0 saturated heterocycles. The van der Waals surface area contributed by atoms with Gasteiger partial charge in [0, 0.05) is 24.7 Å². The third kappa shape index (κ3) is 4.74. The van der Waals surface area contributed by atoms with Crippen LogP contribution in [0.15, 0.2) is 66.9 Å². The third-order valence-corrected chi connectivity index (χ3v) is 5.18. The van der Waals surface area contributed by atoms with Crippen LogP contribution in [-0.4, -0.2) is 20.4 Å². The van der Waals surface area contributed by atoms with E-state index in [1.165, 1.54) is 16.7 Å². The topological polar surface area (TPSA) is 59.8 Å². The molecule has 0 aliphatic rings. The van der Waals surface area contributed by atoms with Gasteiger partial charge in [-0.1, -0.05) is 47.5 Å². The lowest BCUT2D eigenvalue weighted by molar-refractivity contribution is -0.116. The minimum atomic E-state index is 0.0261. The summed E-state index contributed by atoms with van der Waals surface area (Å²) in [6.07, 6.45) is 3.71. The van der Waals surface area contributed by atoms with E-state index in [-0.39, 0.29) is 5.91 Å². The fourth-order valence-corrected chi connectivity index (χ4v) is 3.51. The van der Waals surface area contributed by atoms with Gasteiger partial charge in [0.2, 0.25) is 5.91 Å². The Morgan fingerprint density at radius 3 is 2.40 bits per heavy atom. The average Bonchev–Trinajstić information content (AvgIpc) is 3.09. The van der Waals surface area contributed by atoms with Crippen LogP contribution < -0.4 is 5.32 Å². The maximum absolute atomic E-state index is 12.3. The summed E-state index contributed by atoms with van der Waals surface area (Å²) in [6, 6.07) is 20.3. The number of hydrogen-bond acceptors (Lipinski definition) is 3. The quantitative estimate of drug-likeness (QED) is 0.473. The molecule has 5 heteroatoms. The molecule has 0 unspecified atom stereocenters. The van der Waals surface area contributed by atoms with Crippen molar-refractivity contribution in [1.29, 1.82) is 0 Å². The summed E-state index contributed by atoms with van der Waals surface area (Å²) in [6.45, 7) is 4.84. The van der Waals surface area contributed by atoms with Gasteiger partial charge >= 0.3 is 0 Å². The standard InChI is InChI=1S/C25H26N4O/c1-18-8-12-20(13-9-18)17-29-23(28-22-5-4-16-26-25(22)29)6-3-7-24(30)27-21-14-10-19(2)11-15-21/h4-5,8-16H,3,6-7,17H2,1-2H3,(H,27,30). The number of imidazole rings is 1. The molecule has 30 heavy (non-hydrogen) atoms. The molecular formula is C25H26N4O. The van der Waals surface area contributed by atoms with Crippen molar-refractivity contribution >= 4 is 22.8 Å². The highest BCUT2D eigenvalue weighted by Gasteiger charge is 2.13. The minimum Gasteiger partial charge on any atom is -0.326 e. The molecule has 2 aromatic heterocycles. The van der Waals surface area contributed by atoms with Crippen molar-refractivity contribution in [2.75, 3.05) is 5.32 Å². The lowest BCUT2D eigenvalue weighted by Crippen LogP contribution is -2.12. The Labute approximate surface area is 176 Å². The van der Waals surface area contributed by atoms with Crippen LogP contribution in [0.4, 0.5) is 5.69 Å². The van der Waals surface area contributed by atoms with Crippen LogP contribution in [0.2, 0.25) is 0 Å². The summed E-state index contributed by atoms with van der Waals surface area (Å²) >= 11 is 0. The average molecular weight is 399 g/mol. The highest BCUT2D eigenvalue weighted by Crippen LogP contribution is 2.18. The van der Waals surface area contributed by atoms with Crippen molar-refractivity contribution in [3.63, 3.8) is 0 Å². The van der Waals surface area contributed by atoms with E-state index in [1.807, 2.05) is 43.3 Å². The van der Waals surface area contributed by atoms with Crippen molar-refractivity contribution in [1.82, 2.24) is 14.5 Å². The van der Waals surface area contributed by atoms with E-state index in [9.17, 15) is 4.79 Å². The zero-order chi connectivity index (χ0) is 20.9. The first-order chi connectivity index (χ1) is 14.6. The molecule has 1 N–H and O–H groups in total.